The highest BCUT2D eigenvalue weighted by atomic mass is 19.1. The molecule has 0 aliphatic carbocycles. The number of methoxy groups -OCH3 is 1. The van der Waals surface area contributed by atoms with E-state index in [2.05, 4.69) is 9.88 Å². The highest BCUT2D eigenvalue weighted by Crippen LogP contribution is 2.39. The van der Waals surface area contributed by atoms with E-state index in [-0.39, 0.29) is 6.03 Å². The number of ether oxygens (including phenoxy) is 1. The fourth-order valence-electron chi connectivity index (χ4n) is 5.07. The van der Waals surface area contributed by atoms with Gasteiger partial charge in [-0.15, -0.1) is 0 Å². The van der Waals surface area contributed by atoms with Gasteiger partial charge in [0, 0.05) is 17.4 Å². The van der Waals surface area contributed by atoms with Gasteiger partial charge in [-0.1, -0.05) is 36.4 Å². The van der Waals surface area contributed by atoms with Crippen LogP contribution in [0.15, 0.2) is 97.2 Å². The van der Waals surface area contributed by atoms with Crippen molar-refractivity contribution in [2.75, 3.05) is 12.4 Å². The van der Waals surface area contributed by atoms with Crippen molar-refractivity contribution >= 4 is 11.7 Å². The van der Waals surface area contributed by atoms with E-state index in [0.717, 1.165) is 34.0 Å². The fraction of sp³-hybridized carbons (Fsp3) is 0.133. The summed E-state index contributed by atoms with van der Waals surface area (Å²) in [6.45, 7) is 2.24. The molecule has 0 bridgehead atoms. The minimum absolute atomic E-state index is 0.290. The number of amides is 2. The number of rotatable bonds is 4. The molecule has 3 heterocycles. The summed E-state index contributed by atoms with van der Waals surface area (Å²) in [5.41, 5.74) is 4.83. The quantitative estimate of drug-likeness (QED) is 0.312. The summed E-state index contributed by atoms with van der Waals surface area (Å²) < 4.78 is 23.5. The Bertz CT molecular complexity index is 1620. The van der Waals surface area contributed by atoms with Gasteiger partial charge >= 0.3 is 6.03 Å². The number of benzene rings is 3. The van der Waals surface area contributed by atoms with Gasteiger partial charge in [-0.25, -0.2) is 13.9 Å². The first-order chi connectivity index (χ1) is 18.5. The molecule has 5 aromatic rings. The van der Waals surface area contributed by atoms with Crippen molar-refractivity contribution in [1.82, 2.24) is 19.2 Å². The highest BCUT2D eigenvalue weighted by Gasteiger charge is 2.36. The van der Waals surface area contributed by atoms with Gasteiger partial charge in [0.1, 0.15) is 17.4 Å². The summed E-state index contributed by atoms with van der Waals surface area (Å²) in [6.07, 6.45) is 2.00. The Balaban J connectivity index is 1.54. The minimum atomic E-state index is -0.454. The summed E-state index contributed by atoms with van der Waals surface area (Å²) in [7, 11) is 1.62. The Hall–Kier alpha value is -4.85. The number of nitrogens with one attached hydrogen (secondary N) is 1. The first-order valence-corrected chi connectivity index (χ1v) is 12.3. The van der Waals surface area contributed by atoms with Crippen LogP contribution in [0.5, 0.6) is 5.75 Å². The van der Waals surface area contributed by atoms with Crippen LogP contribution in [0.25, 0.3) is 11.5 Å². The molecule has 6 rings (SSSR count). The minimum Gasteiger partial charge on any atom is -0.497 e. The van der Waals surface area contributed by atoms with Crippen molar-refractivity contribution in [3.63, 3.8) is 0 Å². The van der Waals surface area contributed by atoms with Crippen LogP contribution in [-0.2, 0) is 6.54 Å². The molecule has 2 aromatic heterocycles. The van der Waals surface area contributed by atoms with Gasteiger partial charge in [0.25, 0.3) is 0 Å². The molecule has 1 N–H and O–H groups in total. The standard InChI is InChI=1S/C30H26FN5O2/c1-20-26-19-35(30(37)32-23-11-7-10-22(31)18-23)28(21-9-6-14-25(17-21)38-2)27-15-8-16-34(27)29(26)36(33-20)24-12-4-3-5-13-24/h3-18,28H,19H2,1-2H3,(H,32,37)/t28-/m0/s1. The van der Waals surface area contributed by atoms with E-state index in [9.17, 15) is 9.18 Å². The third kappa shape index (κ3) is 4.10. The number of fused-ring (bicyclic) bond motifs is 3. The van der Waals surface area contributed by atoms with Gasteiger partial charge in [-0.05, 0) is 67.1 Å². The average Bonchev–Trinajstić information content (AvgIpc) is 3.49. The zero-order valence-electron chi connectivity index (χ0n) is 21.0. The van der Waals surface area contributed by atoms with E-state index in [1.54, 1.807) is 24.1 Å². The van der Waals surface area contributed by atoms with E-state index in [0.29, 0.717) is 18.0 Å². The number of halogens is 1. The number of carbonyl (C=O) groups excluding carboxylic acids is 1. The molecule has 0 saturated carbocycles. The van der Waals surface area contributed by atoms with E-state index in [1.165, 1.54) is 12.1 Å². The maximum absolute atomic E-state index is 13.9. The Morgan fingerprint density at radius 3 is 2.61 bits per heavy atom. The number of carbonyl (C=O) groups is 1. The van der Waals surface area contributed by atoms with Crippen LogP contribution in [0.3, 0.4) is 0 Å². The lowest BCUT2D eigenvalue weighted by atomic mass is 10.0. The SMILES string of the molecule is COc1cccc([C@H]2c3cccn3-c3c(c(C)nn3-c3ccccc3)CN2C(=O)Nc2cccc(F)c2)c1. The van der Waals surface area contributed by atoms with Crippen LogP contribution in [0, 0.1) is 12.7 Å². The highest BCUT2D eigenvalue weighted by molar-refractivity contribution is 5.90. The van der Waals surface area contributed by atoms with Crippen molar-refractivity contribution in [2.24, 2.45) is 0 Å². The predicted octanol–water partition coefficient (Wildman–Crippen LogP) is 6.26. The normalized spacial score (nSPS) is 14.4. The van der Waals surface area contributed by atoms with Gasteiger partial charge in [-0.2, -0.15) is 5.10 Å². The second-order valence-corrected chi connectivity index (χ2v) is 9.19. The number of anilines is 1. The van der Waals surface area contributed by atoms with E-state index in [4.69, 9.17) is 9.84 Å². The number of aromatic nitrogens is 3. The molecule has 1 aliphatic rings. The topological polar surface area (TPSA) is 64.3 Å². The number of hydrogen-bond acceptors (Lipinski definition) is 3. The maximum atomic E-state index is 13.9. The van der Waals surface area contributed by atoms with Crippen molar-refractivity contribution in [1.29, 1.82) is 0 Å². The number of urea groups is 1. The molecule has 8 heteroatoms. The molecule has 38 heavy (non-hydrogen) atoms. The lowest BCUT2D eigenvalue weighted by Gasteiger charge is -2.31. The fourth-order valence-corrected chi connectivity index (χ4v) is 5.07. The molecule has 1 aliphatic heterocycles. The molecular weight excluding hydrogens is 481 g/mol. The molecule has 190 valence electrons. The zero-order chi connectivity index (χ0) is 26.2. The third-order valence-corrected chi connectivity index (χ3v) is 6.83. The zero-order valence-corrected chi connectivity index (χ0v) is 21.0. The molecule has 0 unspecified atom stereocenters. The van der Waals surface area contributed by atoms with Crippen LogP contribution in [-0.4, -0.2) is 32.4 Å². The maximum Gasteiger partial charge on any atom is 0.322 e. The summed E-state index contributed by atoms with van der Waals surface area (Å²) >= 11 is 0. The van der Waals surface area contributed by atoms with Gasteiger partial charge < -0.3 is 19.5 Å². The molecule has 0 spiro atoms. The smallest absolute Gasteiger partial charge is 0.322 e. The van der Waals surface area contributed by atoms with E-state index < -0.39 is 11.9 Å². The summed E-state index contributed by atoms with van der Waals surface area (Å²) in [5.74, 6) is 1.15. The summed E-state index contributed by atoms with van der Waals surface area (Å²) in [5, 5.41) is 7.76. The Labute approximate surface area is 219 Å². The van der Waals surface area contributed by atoms with Crippen LogP contribution in [0.4, 0.5) is 14.9 Å². The van der Waals surface area contributed by atoms with Crippen molar-refractivity contribution in [3.8, 4) is 17.3 Å². The van der Waals surface area contributed by atoms with E-state index >= 15 is 0 Å². The predicted molar refractivity (Wildman–Crippen MR) is 143 cm³/mol. The largest absolute Gasteiger partial charge is 0.497 e. The molecule has 0 radical (unpaired) electrons. The lowest BCUT2D eigenvalue weighted by molar-refractivity contribution is 0.194. The number of nitrogens with zero attached hydrogens (tertiary/aromatic N) is 4. The number of aryl methyl sites for hydroxylation is 1. The molecule has 1 atom stereocenters. The molecular formula is C30H26FN5O2. The Kier molecular flexibility index (Phi) is 5.92. The average molecular weight is 508 g/mol. The first-order valence-electron chi connectivity index (χ1n) is 12.3. The Morgan fingerprint density at radius 2 is 1.82 bits per heavy atom. The second kappa shape index (κ2) is 9.55. The lowest BCUT2D eigenvalue weighted by Crippen LogP contribution is -2.38. The van der Waals surface area contributed by atoms with Gasteiger partial charge in [0.05, 0.1) is 36.8 Å². The molecule has 3 aromatic carbocycles. The number of hydrogen-bond donors (Lipinski definition) is 1. The third-order valence-electron chi connectivity index (χ3n) is 6.83. The van der Waals surface area contributed by atoms with Crippen LogP contribution < -0.4 is 10.1 Å². The molecule has 7 nitrogen and oxygen atoms in total. The van der Waals surface area contributed by atoms with Gasteiger partial charge in [-0.3, -0.25) is 0 Å². The van der Waals surface area contributed by atoms with Crippen LogP contribution in [0.2, 0.25) is 0 Å². The molecule has 2 amide bonds. The van der Waals surface area contributed by atoms with Crippen molar-refractivity contribution in [2.45, 2.75) is 19.5 Å². The summed E-state index contributed by atoms with van der Waals surface area (Å²) in [6, 6.07) is 26.7. The second-order valence-electron chi connectivity index (χ2n) is 9.19. The number of para-hydroxylation sites is 1. The van der Waals surface area contributed by atoms with Crippen LogP contribution in [0.1, 0.15) is 28.6 Å². The monoisotopic (exact) mass is 507 g/mol. The van der Waals surface area contributed by atoms with Crippen molar-refractivity contribution < 1.29 is 13.9 Å². The van der Waals surface area contributed by atoms with Gasteiger partial charge in [0.15, 0.2) is 0 Å². The molecule has 0 saturated heterocycles. The summed E-state index contributed by atoms with van der Waals surface area (Å²) in [4.78, 5) is 15.7. The van der Waals surface area contributed by atoms with Gasteiger partial charge in [0.2, 0.25) is 0 Å². The van der Waals surface area contributed by atoms with Crippen LogP contribution >= 0.6 is 0 Å². The van der Waals surface area contributed by atoms with Crippen molar-refractivity contribution in [3.05, 3.63) is 126 Å². The molecule has 0 fully saturated rings. The Morgan fingerprint density at radius 1 is 1.00 bits per heavy atom. The first kappa shape index (κ1) is 23.5. The van der Waals surface area contributed by atoms with E-state index in [1.807, 2.05) is 84.5 Å².